The lowest BCUT2D eigenvalue weighted by Gasteiger charge is -2.13. The third-order valence-corrected chi connectivity index (χ3v) is 5.40. The summed E-state index contributed by atoms with van der Waals surface area (Å²) in [5, 5.41) is 18.6. The summed E-state index contributed by atoms with van der Waals surface area (Å²) in [4.78, 5) is 11.0. The van der Waals surface area contributed by atoms with Crippen LogP contribution in [0.2, 0.25) is 0 Å². The van der Waals surface area contributed by atoms with Gasteiger partial charge in [-0.3, -0.25) is 10.0 Å². The molecule has 0 atom stereocenters. The number of carbonyl (C=O) groups excluding carboxylic acids is 1. The predicted octanol–water partition coefficient (Wildman–Crippen LogP) is 3.56. The van der Waals surface area contributed by atoms with Gasteiger partial charge >= 0.3 is 0 Å². The SMILES string of the molecule is COc1cc(-c2nnc(-c3ccc(OCCCC(=O)NO)cc3)s2)cc(OC)c1OC. The lowest BCUT2D eigenvalue weighted by molar-refractivity contribution is -0.129. The van der Waals surface area contributed by atoms with E-state index in [4.69, 9.17) is 24.2 Å². The Balaban J connectivity index is 1.72. The summed E-state index contributed by atoms with van der Waals surface area (Å²) in [7, 11) is 4.69. The van der Waals surface area contributed by atoms with Crippen molar-refractivity contribution in [2.45, 2.75) is 12.8 Å². The molecule has 1 aromatic heterocycles. The normalized spacial score (nSPS) is 10.5. The average molecular weight is 445 g/mol. The maximum Gasteiger partial charge on any atom is 0.243 e. The van der Waals surface area contributed by atoms with E-state index in [9.17, 15) is 4.79 Å². The molecule has 0 spiro atoms. The zero-order valence-electron chi connectivity index (χ0n) is 17.4. The van der Waals surface area contributed by atoms with Gasteiger partial charge in [0.05, 0.1) is 27.9 Å². The Bertz CT molecular complexity index is 997. The first kappa shape index (κ1) is 22.3. The standard InChI is InChI=1S/C21H23N3O6S/c1-27-16-11-14(12-17(28-2)19(16)29-3)21-23-22-20(31-21)13-6-8-15(9-7-13)30-10-4-5-18(25)24-26/h6-9,11-12,26H,4-5,10H2,1-3H3,(H,24,25). The molecule has 0 radical (unpaired) electrons. The van der Waals surface area contributed by atoms with Gasteiger partial charge in [0, 0.05) is 17.5 Å². The third kappa shape index (κ3) is 5.41. The van der Waals surface area contributed by atoms with E-state index in [0.717, 1.165) is 21.1 Å². The Morgan fingerprint density at radius 1 is 0.968 bits per heavy atom. The van der Waals surface area contributed by atoms with Crippen molar-refractivity contribution >= 4 is 17.2 Å². The van der Waals surface area contributed by atoms with Crippen LogP contribution in [0.3, 0.4) is 0 Å². The van der Waals surface area contributed by atoms with Crippen LogP contribution in [-0.4, -0.2) is 49.2 Å². The Morgan fingerprint density at radius 3 is 2.13 bits per heavy atom. The summed E-state index contributed by atoms with van der Waals surface area (Å²) in [5.74, 6) is 1.87. The summed E-state index contributed by atoms with van der Waals surface area (Å²) in [6.45, 7) is 0.372. The molecule has 10 heteroatoms. The number of hydrogen-bond acceptors (Lipinski definition) is 9. The molecule has 31 heavy (non-hydrogen) atoms. The number of nitrogens with one attached hydrogen (secondary N) is 1. The van der Waals surface area contributed by atoms with Crippen LogP contribution in [0.1, 0.15) is 12.8 Å². The summed E-state index contributed by atoms with van der Waals surface area (Å²) in [6, 6.07) is 11.1. The molecule has 2 aromatic carbocycles. The van der Waals surface area contributed by atoms with Crippen LogP contribution in [0.25, 0.3) is 21.1 Å². The van der Waals surface area contributed by atoms with Gasteiger partial charge in [0.2, 0.25) is 11.7 Å². The molecule has 1 heterocycles. The van der Waals surface area contributed by atoms with Crippen LogP contribution in [0, 0.1) is 0 Å². The molecule has 0 fully saturated rings. The minimum atomic E-state index is -0.432. The van der Waals surface area contributed by atoms with Gasteiger partial charge in [0.25, 0.3) is 0 Å². The van der Waals surface area contributed by atoms with Crippen molar-refractivity contribution in [1.82, 2.24) is 15.7 Å². The van der Waals surface area contributed by atoms with E-state index in [-0.39, 0.29) is 6.42 Å². The van der Waals surface area contributed by atoms with E-state index in [0.29, 0.717) is 36.0 Å². The van der Waals surface area contributed by atoms with Gasteiger partial charge in [-0.2, -0.15) is 0 Å². The van der Waals surface area contributed by atoms with Crippen molar-refractivity contribution in [2.24, 2.45) is 0 Å². The molecule has 0 aliphatic rings. The van der Waals surface area contributed by atoms with Gasteiger partial charge in [0.15, 0.2) is 11.5 Å². The zero-order chi connectivity index (χ0) is 22.2. The minimum absolute atomic E-state index is 0.197. The van der Waals surface area contributed by atoms with Crippen LogP contribution in [0.15, 0.2) is 36.4 Å². The fourth-order valence-electron chi connectivity index (χ4n) is 2.83. The zero-order valence-corrected chi connectivity index (χ0v) is 18.2. The lowest BCUT2D eigenvalue weighted by atomic mass is 10.2. The first-order valence-electron chi connectivity index (χ1n) is 9.39. The number of aromatic nitrogens is 2. The molecule has 0 saturated heterocycles. The highest BCUT2D eigenvalue weighted by atomic mass is 32.1. The molecule has 0 unspecified atom stereocenters. The number of carbonyl (C=O) groups is 1. The van der Waals surface area contributed by atoms with Crippen molar-refractivity contribution in [3.05, 3.63) is 36.4 Å². The van der Waals surface area contributed by atoms with E-state index in [1.807, 2.05) is 36.4 Å². The van der Waals surface area contributed by atoms with E-state index in [1.165, 1.54) is 11.3 Å². The number of hydroxylamine groups is 1. The molecule has 0 aliphatic heterocycles. The van der Waals surface area contributed by atoms with Crippen molar-refractivity contribution in [3.63, 3.8) is 0 Å². The Kier molecular flexibility index (Phi) is 7.63. The molecular weight excluding hydrogens is 422 g/mol. The van der Waals surface area contributed by atoms with Gasteiger partial charge < -0.3 is 18.9 Å². The molecule has 0 bridgehead atoms. The van der Waals surface area contributed by atoms with Gasteiger partial charge in [-0.05, 0) is 42.8 Å². The van der Waals surface area contributed by atoms with Crippen LogP contribution in [0.4, 0.5) is 0 Å². The second-order valence-electron chi connectivity index (χ2n) is 6.34. The van der Waals surface area contributed by atoms with Crippen LogP contribution in [-0.2, 0) is 4.79 Å². The molecule has 9 nitrogen and oxygen atoms in total. The highest BCUT2D eigenvalue weighted by Crippen LogP contribution is 2.42. The summed E-state index contributed by atoms with van der Waals surface area (Å²) < 4.78 is 21.8. The molecule has 3 aromatic rings. The van der Waals surface area contributed by atoms with E-state index >= 15 is 0 Å². The Labute approximate surface area is 183 Å². The van der Waals surface area contributed by atoms with Crippen LogP contribution in [0.5, 0.6) is 23.0 Å². The van der Waals surface area contributed by atoms with Crippen molar-refractivity contribution in [3.8, 4) is 44.1 Å². The molecule has 0 saturated carbocycles. The number of amides is 1. The van der Waals surface area contributed by atoms with E-state index in [1.54, 1.807) is 26.8 Å². The quantitative estimate of drug-likeness (QED) is 0.277. The van der Waals surface area contributed by atoms with Crippen molar-refractivity contribution < 1.29 is 28.9 Å². The van der Waals surface area contributed by atoms with E-state index < -0.39 is 5.91 Å². The summed E-state index contributed by atoms with van der Waals surface area (Å²) >= 11 is 1.44. The molecular formula is C21H23N3O6S. The first-order valence-corrected chi connectivity index (χ1v) is 10.2. The number of methoxy groups -OCH3 is 3. The number of hydrogen-bond donors (Lipinski definition) is 2. The molecule has 164 valence electrons. The Morgan fingerprint density at radius 2 is 1.58 bits per heavy atom. The number of rotatable bonds is 10. The van der Waals surface area contributed by atoms with E-state index in [2.05, 4.69) is 10.2 Å². The lowest BCUT2D eigenvalue weighted by Crippen LogP contribution is -2.18. The number of benzene rings is 2. The largest absolute Gasteiger partial charge is 0.494 e. The maximum absolute atomic E-state index is 11.0. The van der Waals surface area contributed by atoms with Gasteiger partial charge in [-0.1, -0.05) is 11.3 Å². The first-order chi connectivity index (χ1) is 15.1. The van der Waals surface area contributed by atoms with Crippen LogP contribution >= 0.6 is 11.3 Å². The highest BCUT2D eigenvalue weighted by Gasteiger charge is 2.17. The molecule has 0 aliphatic carbocycles. The second kappa shape index (κ2) is 10.6. The van der Waals surface area contributed by atoms with Gasteiger partial charge in [0.1, 0.15) is 15.8 Å². The predicted molar refractivity (Wildman–Crippen MR) is 115 cm³/mol. The molecule has 2 N–H and O–H groups in total. The smallest absolute Gasteiger partial charge is 0.243 e. The van der Waals surface area contributed by atoms with Crippen molar-refractivity contribution in [1.29, 1.82) is 0 Å². The highest BCUT2D eigenvalue weighted by molar-refractivity contribution is 7.17. The fourth-order valence-corrected chi connectivity index (χ4v) is 3.67. The van der Waals surface area contributed by atoms with Crippen molar-refractivity contribution in [2.75, 3.05) is 27.9 Å². The second-order valence-corrected chi connectivity index (χ2v) is 7.32. The molecule has 3 rings (SSSR count). The summed E-state index contributed by atoms with van der Waals surface area (Å²) in [5.41, 5.74) is 3.31. The van der Waals surface area contributed by atoms with Gasteiger partial charge in [-0.25, -0.2) is 5.48 Å². The number of nitrogens with zero attached hydrogens (tertiary/aromatic N) is 2. The molecule has 1 amide bonds. The summed E-state index contributed by atoms with van der Waals surface area (Å²) in [6.07, 6.45) is 0.700. The minimum Gasteiger partial charge on any atom is -0.494 e. The Hall–Kier alpha value is -3.37. The fraction of sp³-hybridized carbons (Fsp3) is 0.286. The maximum atomic E-state index is 11.0. The van der Waals surface area contributed by atoms with Crippen LogP contribution < -0.4 is 24.4 Å². The number of ether oxygens (including phenoxy) is 4. The third-order valence-electron chi connectivity index (χ3n) is 4.38. The monoisotopic (exact) mass is 445 g/mol. The average Bonchev–Trinajstić information content (AvgIpc) is 3.31. The van der Waals surface area contributed by atoms with Gasteiger partial charge in [-0.15, -0.1) is 10.2 Å². The topological polar surface area (TPSA) is 112 Å².